The van der Waals surface area contributed by atoms with Crippen LogP contribution in [-0.4, -0.2) is 24.2 Å². The predicted molar refractivity (Wildman–Crippen MR) is 126 cm³/mol. The molecule has 1 atom stereocenters. The van der Waals surface area contributed by atoms with E-state index in [0.717, 1.165) is 10.5 Å². The number of hydrogen-bond donors (Lipinski definition) is 3. The van der Waals surface area contributed by atoms with Gasteiger partial charge in [0.25, 0.3) is 11.6 Å². The molecule has 0 radical (unpaired) electrons. The van der Waals surface area contributed by atoms with Gasteiger partial charge in [0.15, 0.2) is 0 Å². The molecule has 4 rings (SSSR count). The van der Waals surface area contributed by atoms with Gasteiger partial charge in [-0.25, -0.2) is 4.79 Å². The summed E-state index contributed by atoms with van der Waals surface area (Å²) in [6, 6.07) is 17.7. The van der Waals surface area contributed by atoms with E-state index in [4.69, 9.17) is 16.3 Å². The molecular weight excluding hydrogens is 498 g/mol. The van der Waals surface area contributed by atoms with Crippen LogP contribution in [-0.2, 0) is 17.1 Å². The maximum absolute atomic E-state index is 13.4. The molecule has 0 aliphatic carbocycles. The summed E-state index contributed by atoms with van der Waals surface area (Å²) in [6.07, 6.45) is 0. The van der Waals surface area contributed by atoms with Crippen molar-refractivity contribution in [1.29, 1.82) is 0 Å². The average Bonchev–Trinajstić information content (AvgIpc) is 2.79. The van der Waals surface area contributed by atoms with Gasteiger partial charge in [-0.05, 0) is 60.2 Å². The van der Waals surface area contributed by atoms with Gasteiger partial charge in [0.2, 0.25) is 0 Å². The SMILES string of the molecule is COc1ccc(CNC(=O)[C@]2(O)c3cc(Br)ccc3NC(=O)N2c2ccc(Cl)cc2)cc1. The standard InChI is InChI=1S/C23H19BrClN3O4/c1-32-18-9-2-14(3-10-18)13-26-21(29)23(31)19-12-15(24)4-11-20(19)27-22(30)28(23)17-7-5-16(25)6-8-17/h2-12,31H,13H2,1H3,(H,26,29)(H,27,30)/t23-/m1/s1. The molecule has 0 aromatic heterocycles. The third-order valence-corrected chi connectivity index (χ3v) is 5.88. The number of aliphatic hydroxyl groups is 1. The van der Waals surface area contributed by atoms with Crippen molar-refractivity contribution in [3.8, 4) is 5.75 Å². The van der Waals surface area contributed by atoms with Crippen LogP contribution in [0.3, 0.4) is 0 Å². The van der Waals surface area contributed by atoms with Crippen LogP contribution in [0.15, 0.2) is 71.2 Å². The Bertz CT molecular complexity index is 1170. The Morgan fingerprint density at radius 2 is 1.84 bits per heavy atom. The highest BCUT2D eigenvalue weighted by Gasteiger charge is 2.52. The molecule has 0 saturated heterocycles. The smallest absolute Gasteiger partial charge is 0.329 e. The minimum Gasteiger partial charge on any atom is -0.497 e. The number of nitrogens with one attached hydrogen (secondary N) is 2. The third kappa shape index (κ3) is 4.04. The monoisotopic (exact) mass is 515 g/mol. The molecule has 0 spiro atoms. The summed E-state index contributed by atoms with van der Waals surface area (Å²) < 4.78 is 5.79. The molecule has 0 saturated carbocycles. The summed E-state index contributed by atoms with van der Waals surface area (Å²) in [7, 11) is 1.57. The molecular formula is C23H19BrClN3O4. The molecule has 3 N–H and O–H groups in total. The minimum absolute atomic E-state index is 0.143. The maximum atomic E-state index is 13.4. The Hall–Kier alpha value is -3.07. The molecule has 7 nitrogen and oxygen atoms in total. The van der Waals surface area contributed by atoms with Gasteiger partial charge in [-0.1, -0.05) is 39.7 Å². The Morgan fingerprint density at radius 3 is 2.50 bits per heavy atom. The third-order valence-electron chi connectivity index (χ3n) is 5.14. The van der Waals surface area contributed by atoms with Crippen LogP contribution >= 0.6 is 27.5 Å². The molecule has 1 heterocycles. The molecule has 1 aliphatic rings. The largest absolute Gasteiger partial charge is 0.497 e. The summed E-state index contributed by atoms with van der Waals surface area (Å²) in [5, 5.41) is 17.7. The van der Waals surface area contributed by atoms with Crippen LogP contribution < -0.4 is 20.3 Å². The molecule has 1 aliphatic heterocycles. The summed E-state index contributed by atoms with van der Waals surface area (Å²) in [6.45, 7) is 0.143. The molecule has 3 aromatic carbocycles. The number of benzene rings is 3. The fourth-order valence-corrected chi connectivity index (χ4v) is 4.01. The lowest BCUT2D eigenvalue weighted by Crippen LogP contribution is -2.62. The maximum Gasteiger partial charge on any atom is 0.329 e. The normalized spacial score (nSPS) is 17.4. The van der Waals surface area contributed by atoms with Gasteiger partial charge < -0.3 is 20.5 Å². The van der Waals surface area contributed by atoms with Gasteiger partial charge in [-0.2, -0.15) is 0 Å². The Labute approximate surface area is 198 Å². The van der Waals surface area contributed by atoms with Crippen molar-refractivity contribution < 1.29 is 19.4 Å². The number of carbonyl (C=O) groups excluding carboxylic acids is 2. The van der Waals surface area contributed by atoms with Crippen LogP contribution in [0.25, 0.3) is 0 Å². The first-order chi connectivity index (χ1) is 15.3. The first-order valence-corrected chi connectivity index (χ1v) is 10.8. The van der Waals surface area contributed by atoms with Crippen molar-refractivity contribution in [2.45, 2.75) is 12.3 Å². The molecule has 3 aromatic rings. The zero-order chi connectivity index (χ0) is 22.9. The summed E-state index contributed by atoms with van der Waals surface area (Å²) in [5.41, 5.74) is -0.629. The van der Waals surface area contributed by atoms with E-state index in [-0.39, 0.29) is 12.1 Å². The second-order valence-electron chi connectivity index (χ2n) is 7.13. The van der Waals surface area contributed by atoms with Crippen molar-refractivity contribution in [1.82, 2.24) is 5.32 Å². The number of fused-ring (bicyclic) bond motifs is 1. The fourth-order valence-electron chi connectivity index (χ4n) is 3.52. The molecule has 3 amide bonds. The first kappa shape index (κ1) is 22.1. The van der Waals surface area contributed by atoms with Crippen molar-refractivity contribution >= 4 is 50.8 Å². The van der Waals surface area contributed by atoms with Gasteiger partial charge in [0.1, 0.15) is 5.75 Å². The van der Waals surface area contributed by atoms with Crippen LogP contribution in [0, 0.1) is 0 Å². The van der Waals surface area contributed by atoms with Gasteiger partial charge >= 0.3 is 6.03 Å². The lowest BCUT2D eigenvalue weighted by Gasteiger charge is -2.42. The lowest BCUT2D eigenvalue weighted by molar-refractivity contribution is -0.140. The number of hydrogen-bond acceptors (Lipinski definition) is 4. The zero-order valence-electron chi connectivity index (χ0n) is 16.9. The quantitative estimate of drug-likeness (QED) is 0.461. The van der Waals surface area contributed by atoms with Crippen LogP contribution in [0.5, 0.6) is 5.75 Å². The van der Waals surface area contributed by atoms with Gasteiger partial charge in [0.05, 0.1) is 12.8 Å². The van der Waals surface area contributed by atoms with Gasteiger partial charge in [-0.3, -0.25) is 9.69 Å². The number of nitrogens with zero attached hydrogens (tertiary/aromatic N) is 1. The number of ether oxygens (including phenoxy) is 1. The number of anilines is 2. The van der Waals surface area contributed by atoms with E-state index in [1.807, 2.05) is 0 Å². The van der Waals surface area contributed by atoms with Crippen molar-refractivity contribution in [2.75, 3.05) is 17.3 Å². The van der Waals surface area contributed by atoms with E-state index in [9.17, 15) is 14.7 Å². The highest BCUT2D eigenvalue weighted by Crippen LogP contribution is 2.41. The average molecular weight is 517 g/mol. The van der Waals surface area contributed by atoms with Crippen molar-refractivity contribution in [3.05, 3.63) is 87.4 Å². The van der Waals surface area contributed by atoms with E-state index in [1.165, 1.54) is 0 Å². The Balaban J connectivity index is 1.73. The predicted octanol–water partition coefficient (Wildman–Crippen LogP) is 4.62. The Morgan fingerprint density at radius 1 is 1.16 bits per heavy atom. The first-order valence-electron chi connectivity index (χ1n) is 9.63. The number of urea groups is 1. The van der Waals surface area contributed by atoms with Gasteiger partial charge in [0, 0.05) is 27.3 Å². The van der Waals surface area contributed by atoms with Gasteiger partial charge in [-0.15, -0.1) is 0 Å². The Kier molecular flexibility index (Phi) is 6.10. The zero-order valence-corrected chi connectivity index (χ0v) is 19.3. The molecule has 164 valence electrons. The van der Waals surface area contributed by atoms with Crippen LogP contribution in [0.1, 0.15) is 11.1 Å². The minimum atomic E-state index is -2.30. The van der Waals surface area contributed by atoms with E-state index in [2.05, 4.69) is 26.6 Å². The van der Waals surface area contributed by atoms with E-state index in [1.54, 1.807) is 73.8 Å². The molecule has 9 heteroatoms. The number of methoxy groups -OCH3 is 1. The fraction of sp³-hybridized carbons (Fsp3) is 0.130. The summed E-state index contributed by atoms with van der Waals surface area (Å²) >= 11 is 9.36. The number of halogens is 2. The molecule has 0 fully saturated rings. The number of amides is 3. The summed E-state index contributed by atoms with van der Waals surface area (Å²) in [4.78, 5) is 27.5. The second-order valence-corrected chi connectivity index (χ2v) is 8.49. The lowest BCUT2D eigenvalue weighted by atomic mass is 9.94. The van der Waals surface area contributed by atoms with Crippen LogP contribution in [0.2, 0.25) is 5.02 Å². The van der Waals surface area contributed by atoms with Crippen molar-refractivity contribution in [2.24, 2.45) is 0 Å². The molecule has 0 unspecified atom stereocenters. The molecule has 32 heavy (non-hydrogen) atoms. The summed E-state index contributed by atoms with van der Waals surface area (Å²) in [5.74, 6) is -0.0622. The van der Waals surface area contributed by atoms with E-state index in [0.29, 0.717) is 26.6 Å². The second kappa shape index (κ2) is 8.82. The number of rotatable bonds is 5. The van der Waals surface area contributed by atoms with Crippen LogP contribution in [0.4, 0.5) is 16.2 Å². The molecule has 0 bridgehead atoms. The number of carbonyl (C=O) groups is 2. The highest BCUT2D eigenvalue weighted by atomic mass is 79.9. The van der Waals surface area contributed by atoms with E-state index >= 15 is 0 Å². The van der Waals surface area contributed by atoms with E-state index < -0.39 is 17.7 Å². The van der Waals surface area contributed by atoms with Crippen molar-refractivity contribution in [3.63, 3.8) is 0 Å². The highest BCUT2D eigenvalue weighted by molar-refractivity contribution is 9.10. The topological polar surface area (TPSA) is 90.9 Å².